The Hall–Kier alpha value is -3.12. The summed E-state index contributed by atoms with van der Waals surface area (Å²) in [5.41, 5.74) is 1.97. The number of amides is 1. The smallest absolute Gasteiger partial charge is 0.309 e. The van der Waals surface area contributed by atoms with Crippen molar-refractivity contribution >= 4 is 23.2 Å². The third kappa shape index (κ3) is 6.19. The van der Waals surface area contributed by atoms with Crippen LogP contribution in [0, 0.1) is 6.92 Å². The lowest BCUT2D eigenvalue weighted by Gasteiger charge is -2.18. The Balaban J connectivity index is 1.46. The van der Waals surface area contributed by atoms with Crippen molar-refractivity contribution in [2.75, 3.05) is 13.2 Å². The van der Waals surface area contributed by atoms with Crippen LogP contribution in [0.3, 0.4) is 0 Å². The number of hydrogen-bond acceptors (Lipinski definition) is 5. The van der Waals surface area contributed by atoms with Gasteiger partial charge in [0.05, 0.1) is 19.1 Å². The maximum absolute atomic E-state index is 12.4. The summed E-state index contributed by atoms with van der Waals surface area (Å²) in [6, 6.07) is 20.9. The molecule has 6 heteroatoms. The van der Waals surface area contributed by atoms with Crippen molar-refractivity contribution in [2.45, 2.75) is 19.4 Å². The van der Waals surface area contributed by atoms with E-state index in [1.54, 1.807) is 11.3 Å². The highest BCUT2D eigenvalue weighted by molar-refractivity contribution is 7.10. The summed E-state index contributed by atoms with van der Waals surface area (Å²) in [5, 5.41) is 4.91. The zero-order valence-corrected chi connectivity index (χ0v) is 17.0. The van der Waals surface area contributed by atoms with Gasteiger partial charge in [-0.15, -0.1) is 11.3 Å². The van der Waals surface area contributed by atoms with Crippen molar-refractivity contribution in [3.8, 4) is 5.75 Å². The number of para-hydroxylation sites is 1. The molecule has 1 aromatic heterocycles. The van der Waals surface area contributed by atoms with Gasteiger partial charge in [0, 0.05) is 4.88 Å². The maximum Gasteiger partial charge on any atom is 0.309 e. The molecular formula is C23H23NO4S. The van der Waals surface area contributed by atoms with Crippen molar-refractivity contribution in [1.82, 2.24) is 5.32 Å². The van der Waals surface area contributed by atoms with Crippen LogP contribution < -0.4 is 10.1 Å². The quantitative estimate of drug-likeness (QED) is 0.536. The van der Waals surface area contributed by atoms with Crippen LogP contribution in [0.5, 0.6) is 5.75 Å². The van der Waals surface area contributed by atoms with E-state index in [0.29, 0.717) is 0 Å². The minimum absolute atomic E-state index is 0.0780. The molecule has 150 valence electrons. The highest BCUT2D eigenvalue weighted by Gasteiger charge is 2.18. The predicted molar refractivity (Wildman–Crippen MR) is 113 cm³/mol. The van der Waals surface area contributed by atoms with Crippen LogP contribution in [0.25, 0.3) is 0 Å². The predicted octanol–water partition coefficient (Wildman–Crippen LogP) is 4.27. The zero-order chi connectivity index (χ0) is 20.5. The molecule has 1 heterocycles. The van der Waals surface area contributed by atoms with Crippen LogP contribution in [0.2, 0.25) is 0 Å². The van der Waals surface area contributed by atoms with Gasteiger partial charge in [-0.3, -0.25) is 9.59 Å². The van der Waals surface area contributed by atoms with Crippen molar-refractivity contribution in [2.24, 2.45) is 0 Å². The van der Waals surface area contributed by atoms with E-state index in [1.807, 2.05) is 79.0 Å². The van der Waals surface area contributed by atoms with Crippen LogP contribution >= 0.6 is 11.3 Å². The van der Waals surface area contributed by atoms with Gasteiger partial charge in [0.15, 0.2) is 6.61 Å². The van der Waals surface area contributed by atoms with Crippen molar-refractivity contribution in [3.63, 3.8) is 0 Å². The van der Waals surface area contributed by atoms with Gasteiger partial charge in [-0.05, 0) is 35.6 Å². The highest BCUT2D eigenvalue weighted by Crippen LogP contribution is 2.25. The van der Waals surface area contributed by atoms with Gasteiger partial charge >= 0.3 is 5.97 Å². The molecule has 0 aliphatic rings. The second kappa shape index (κ2) is 10.4. The fourth-order valence-corrected chi connectivity index (χ4v) is 3.61. The third-order valence-electron chi connectivity index (χ3n) is 4.29. The van der Waals surface area contributed by atoms with Crippen molar-refractivity contribution < 1.29 is 19.1 Å². The van der Waals surface area contributed by atoms with Crippen molar-refractivity contribution in [3.05, 3.63) is 88.1 Å². The van der Waals surface area contributed by atoms with E-state index in [4.69, 9.17) is 9.47 Å². The maximum atomic E-state index is 12.4. The highest BCUT2D eigenvalue weighted by atomic mass is 32.1. The van der Waals surface area contributed by atoms with E-state index < -0.39 is 5.97 Å². The SMILES string of the molecule is Cc1ccccc1OCCC(=O)OCC(=O)N[C@@H](c1ccccc1)c1cccs1. The Labute approximate surface area is 174 Å². The number of carbonyl (C=O) groups is 2. The number of aryl methyl sites for hydroxylation is 1. The summed E-state index contributed by atoms with van der Waals surface area (Å²) in [5.74, 6) is -0.0822. The lowest BCUT2D eigenvalue weighted by molar-refractivity contribution is -0.149. The minimum Gasteiger partial charge on any atom is -0.493 e. The van der Waals surface area contributed by atoms with Crippen LogP contribution in [-0.4, -0.2) is 25.1 Å². The second-order valence-electron chi connectivity index (χ2n) is 6.45. The molecule has 0 saturated carbocycles. The van der Waals surface area contributed by atoms with Gasteiger partial charge in [0.2, 0.25) is 0 Å². The Morgan fingerprint density at radius 1 is 1.00 bits per heavy atom. The number of thiophene rings is 1. The topological polar surface area (TPSA) is 64.6 Å². The molecular weight excluding hydrogens is 386 g/mol. The van der Waals surface area contributed by atoms with Gasteiger partial charge in [0.1, 0.15) is 5.75 Å². The number of rotatable bonds is 9. The molecule has 29 heavy (non-hydrogen) atoms. The Kier molecular flexibility index (Phi) is 7.41. The molecule has 1 amide bonds. The number of hydrogen-bond donors (Lipinski definition) is 1. The molecule has 0 aliphatic heterocycles. The summed E-state index contributed by atoms with van der Waals surface area (Å²) >= 11 is 1.56. The number of ether oxygens (including phenoxy) is 2. The van der Waals surface area contributed by atoms with E-state index in [0.717, 1.165) is 21.8 Å². The molecule has 0 bridgehead atoms. The van der Waals surface area contributed by atoms with E-state index in [1.165, 1.54) is 0 Å². The van der Waals surface area contributed by atoms with Crippen LogP contribution in [0.1, 0.15) is 28.5 Å². The molecule has 0 aliphatic carbocycles. The second-order valence-corrected chi connectivity index (χ2v) is 7.43. The zero-order valence-electron chi connectivity index (χ0n) is 16.2. The summed E-state index contributed by atoms with van der Waals surface area (Å²) in [7, 11) is 0. The van der Waals surface area contributed by atoms with E-state index >= 15 is 0 Å². The third-order valence-corrected chi connectivity index (χ3v) is 5.22. The summed E-state index contributed by atoms with van der Waals surface area (Å²) in [6.45, 7) is 1.82. The first-order chi connectivity index (χ1) is 14.1. The number of carbonyl (C=O) groups excluding carboxylic acids is 2. The lowest BCUT2D eigenvalue weighted by Crippen LogP contribution is -2.32. The monoisotopic (exact) mass is 409 g/mol. The average Bonchev–Trinajstić information content (AvgIpc) is 3.27. The minimum atomic E-state index is -0.471. The fraction of sp³-hybridized carbons (Fsp3) is 0.217. The molecule has 0 spiro atoms. The largest absolute Gasteiger partial charge is 0.493 e. The molecule has 1 atom stereocenters. The standard InChI is InChI=1S/C23H23NO4S/c1-17-8-5-6-11-19(17)27-14-13-22(26)28-16-21(25)24-23(20-12-7-15-29-20)18-9-3-2-4-10-18/h2-12,15,23H,13-14,16H2,1H3,(H,24,25)/t23-/m0/s1. The number of esters is 1. The van der Waals surface area contributed by atoms with Crippen molar-refractivity contribution in [1.29, 1.82) is 0 Å². The summed E-state index contributed by atoms with van der Waals surface area (Å²) in [4.78, 5) is 25.3. The summed E-state index contributed by atoms with van der Waals surface area (Å²) in [6.07, 6.45) is 0.0780. The molecule has 0 saturated heterocycles. The van der Waals surface area contributed by atoms with E-state index in [2.05, 4.69) is 5.32 Å². The van der Waals surface area contributed by atoms with Gasteiger partial charge in [-0.25, -0.2) is 0 Å². The van der Waals surface area contributed by atoms with Gasteiger partial charge in [-0.1, -0.05) is 54.6 Å². The van der Waals surface area contributed by atoms with Gasteiger partial charge < -0.3 is 14.8 Å². The van der Waals surface area contributed by atoms with E-state index in [-0.39, 0.29) is 31.6 Å². The molecule has 0 radical (unpaired) electrons. The van der Waals surface area contributed by atoms with Crippen LogP contribution in [-0.2, 0) is 14.3 Å². The first-order valence-corrected chi connectivity index (χ1v) is 10.2. The van der Waals surface area contributed by atoms with Gasteiger partial charge in [0.25, 0.3) is 5.91 Å². The molecule has 0 fully saturated rings. The Bertz CT molecular complexity index is 925. The number of nitrogens with one attached hydrogen (secondary N) is 1. The molecule has 2 aromatic carbocycles. The normalized spacial score (nSPS) is 11.5. The Morgan fingerprint density at radius 3 is 2.48 bits per heavy atom. The molecule has 1 N–H and O–H groups in total. The molecule has 5 nitrogen and oxygen atoms in total. The van der Waals surface area contributed by atoms with Crippen LogP contribution in [0.15, 0.2) is 72.1 Å². The van der Waals surface area contributed by atoms with E-state index in [9.17, 15) is 9.59 Å². The average molecular weight is 410 g/mol. The number of benzene rings is 2. The molecule has 0 unspecified atom stereocenters. The Morgan fingerprint density at radius 2 is 1.76 bits per heavy atom. The fourth-order valence-electron chi connectivity index (χ4n) is 2.80. The summed E-state index contributed by atoms with van der Waals surface area (Å²) < 4.78 is 10.7. The first kappa shape index (κ1) is 20.6. The lowest BCUT2D eigenvalue weighted by atomic mass is 10.1. The van der Waals surface area contributed by atoms with Gasteiger partial charge in [-0.2, -0.15) is 0 Å². The molecule has 3 aromatic rings. The molecule has 3 rings (SSSR count). The van der Waals surface area contributed by atoms with Crippen LogP contribution in [0.4, 0.5) is 0 Å². The first-order valence-electron chi connectivity index (χ1n) is 9.35.